The number of nitrogens with one attached hydrogen (secondary N) is 1. The van der Waals surface area contributed by atoms with Gasteiger partial charge >= 0.3 is 5.97 Å². The fourth-order valence-corrected chi connectivity index (χ4v) is 0.976. The van der Waals surface area contributed by atoms with Crippen LogP contribution in [0.25, 0.3) is 0 Å². The third-order valence-electron chi connectivity index (χ3n) is 1.88. The van der Waals surface area contributed by atoms with E-state index in [4.69, 9.17) is 18.9 Å². The number of rotatable bonds is 13. The van der Waals surface area contributed by atoms with Crippen molar-refractivity contribution in [1.82, 2.24) is 5.32 Å². The summed E-state index contributed by atoms with van der Waals surface area (Å²) in [5.41, 5.74) is 0. The van der Waals surface area contributed by atoms with Crippen molar-refractivity contribution in [3.8, 4) is 0 Å². The van der Waals surface area contributed by atoms with E-state index in [0.717, 1.165) is 12.6 Å². The molecule has 0 aliphatic carbocycles. The zero-order chi connectivity index (χ0) is 13.5. The summed E-state index contributed by atoms with van der Waals surface area (Å²) in [6.07, 6.45) is 1.12. The molecule has 0 spiro atoms. The van der Waals surface area contributed by atoms with Gasteiger partial charge in [0.05, 0.1) is 39.6 Å². The molecule has 0 fully saturated rings. The zero-order valence-electron chi connectivity index (χ0n) is 11.0. The van der Waals surface area contributed by atoms with Crippen molar-refractivity contribution in [3.05, 3.63) is 12.7 Å². The first kappa shape index (κ1) is 17.1. The lowest BCUT2D eigenvalue weighted by atomic mass is 10.6. The summed E-state index contributed by atoms with van der Waals surface area (Å²) >= 11 is 0. The molecule has 0 aromatic rings. The maximum absolute atomic E-state index is 10.7. The summed E-state index contributed by atoms with van der Waals surface area (Å²) in [6, 6.07) is 0. The lowest BCUT2D eigenvalue weighted by Gasteiger charge is -2.06. The standard InChI is InChI=1S/C12H23NO5/c1-3-12(14)18-11-10-17-9-8-16-7-6-15-5-4-13-2/h3,13H,1,4-11H2,2H3. The van der Waals surface area contributed by atoms with E-state index in [1.807, 2.05) is 7.05 Å². The minimum absolute atomic E-state index is 0.234. The van der Waals surface area contributed by atoms with E-state index in [1.165, 1.54) is 0 Å². The van der Waals surface area contributed by atoms with Crippen LogP contribution in [0, 0.1) is 0 Å². The van der Waals surface area contributed by atoms with Crippen LogP contribution in [0.1, 0.15) is 0 Å². The third kappa shape index (κ3) is 13.1. The van der Waals surface area contributed by atoms with E-state index >= 15 is 0 Å². The molecule has 6 nitrogen and oxygen atoms in total. The van der Waals surface area contributed by atoms with Gasteiger partial charge in [0.1, 0.15) is 6.61 Å². The summed E-state index contributed by atoms with van der Waals surface area (Å²) in [4.78, 5) is 10.7. The number of likely N-dealkylation sites (N-methyl/N-ethyl adjacent to an activating group) is 1. The molecule has 0 bridgehead atoms. The Kier molecular flexibility index (Phi) is 13.4. The molecular weight excluding hydrogens is 238 g/mol. The summed E-state index contributed by atoms with van der Waals surface area (Å²) in [7, 11) is 1.88. The van der Waals surface area contributed by atoms with Gasteiger partial charge in [-0.25, -0.2) is 4.79 Å². The molecule has 0 aliphatic rings. The second-order valence-corrected chi connectivity index (χ2v) is 3.31. The fourth-order valence-electron chi connectivity index (χ4n) is 0.976. The molecule has 0 aromatic heterocycles. The van der Waals surface area contributed by atoms with Gasteiger partial charge in [0.25, 0.3) is 0 Å². The van der Waals surface area contributed by atoms with Crippen LogP contribution in [0.15, 0.2) is 12.7 Å². The van der Waals surface area contributed by atoms with E-state index in [1.54, 1.807) is 0 Å². The highest BCUT2D eigenvalue weighted by molar-refractivity contribution is 5.81. The van der Waals surface area contributed by atoms with Gasteiger partial charge in [0.2, 0.25) is 0 Å². The number of carbonyl (C=O) groups excluding carboxylic acids is 1. The van der Waals surface area contributed by atoms with Gasteiger partial charge in [-0.2, -0.15) is 0 Å². The van der Waals surface area contributed by atoms with Gasteiger partial charge in [-0.1, -0.05) is 6.58 Å². The molecule has 0 heterocycles. The molecule has 0 aromatic carbocycles. The van der Waals surface area contributed by atoms with Crippen molar-refractivity contribution in [2.45, 2.75) is 0 Å². The Hall–Kier alpha value is -0.950. The first-order chi connectivity index (χ1) is 8.81. The van der Waals surface area contributed by atoms with Gasteiger partial charge in [0.15, 0.2) is 0 Å². The second kappa shape index (κ2) is 14.1. The Labute approximate surface area is 108 Å². The van der Waals surface area contributed by atoms with Crippen LogP contribution < -0.4 is 5.32 Å². The number of esters is 1. The number of ether oxygens (including phenoxy) is 4. The molecule has 1 N–H and O–H groups in total. The van der Waals surface area contributed by atoms with Crippen LogP contribution in [-0.2, 0) is 23.7 Å². The van der Waals surface area contributed by atoms with Gasteiger partial charge in [-0.05, 0) is 7.05 Å². The molecule has 0 saturated heterocycles. The molecule has 0 unspecified atom stereocenters. The van der Waals surface area contributed by atoms with Crippen molar-refractivity contribution in [1.29, 1.82) is 0 Å². The van der Waals surface area contributed by atoms with Crippen LogP contribution in [0.4, 0.5) is 0 Å². The maximum atomic E-state index is 10.7. The highest BCUT2D eigenvalue weighted by Gasteiger charge is 1.95. The lowest BCUT2D eigenvalue weighted by molar-refractivity contribution is -0.139. The molecule has 0 rings (SSSR count). The van der Waals surface area contributed by atoms with E-state index in [-0.39, 0.29) is 6.61 Å². The molecule has 106 valence electrons. The smallest absolute Gasteiger partial charge is 0.330 e. The zero-order valence-corrected chi connectivity index (χ0v) is 11.0. The molecule has 0 radical (unpaired) electrons. The number of hydrogen-bond acceptors (Lipinski definition) is 6. The predicted octanol–water partition coefficient (Wildman–Crippen LogP) is -0.0152. The Bertz CT molecular complexity index is 211. The monoisotopic (exact) mass is 261 g/mol. The Morgan fingerprint density at radius 1 is 1.00 bits per heavy atom. The molecule has 6 heteroatoms. The first-order valence-corrected chi connectivity index (χ1v) is 5.98. The van der Waals surface area contributed by atoms with Gasteiger partial charge in [-0.3, -0.25) is 0 Å². The SMILES string of the molecule is C=CC(=O)OCCOCCOCCOCCNC. The largest absolute Gasteiger partial charge is 0.460 e. The fraction of sp³-hybridized carbons (Fsp3) is 0.750. The normalized spacial score (nSPS) is 10.3. The van der Waals surface area contributed by atoms with Crippen LogP contribution in [0.3, 0.4) is 0 Å². The highest BCUT2D eigenvalue weighted by Crippen LogP contribution is 1.83. The Morgan fingerprint density at radius 2 is 1.50 bits per heavy atom. The molecule has 0 saturated carbocycles. The quantitative estimate of drug-likeness (QED) is 0.286. The molecule has 0 aliphatic heterocycles. The third-order valence-corrected chi connectivity index (χ3v) is 1.88. The predicted molar refractivity (Wildman–Crippen MR) is 67.5 cm³/mol. The number of hydrogen-bond donors (Lipinski definition) is 1. The van der Waals surface area contributed by atoms with Crippen LogP contribution in [0.2, 0.25) is 0 Å². The topological polar surface area (TPSA) is 66.0 Å². The average molecular weight is 261 g/mol. The lowest BCUT2D eigenvalue weighted by Crippen LogP contribution is -2.17. The van der Waals surface area contributed by atoms with Crippen LogP contribution in [-0.4, -0.2) is 65.8 Å². The van der Waals surface area contributed by atoms with E-state index < -0.39 is 5.97 Å². The summed E-state index contributed by atoms with van der Waals surface area (Å²) < 4.78 is 20.4. The van der Waals surface area contributed by atoms with E-state index in [0.29, 0.717) is 39.6 Å². The summed E-state index contributed by atoms with van der Waals surface area (Å²) in [5, 5.41) is 2.98. The Morgan fingerprint density at radius 3 is 2.00 bits per heavy atom. The van der Waals surface area contributed by atoms with E-state index in [2.05, 4.69) is 11.9 Å². The minimum atomic E-state index is -0.437. The van der Waals surface area contributed by atoms with Crippen LogP contribution in [0.5, 0.6) is 0 Å². The van der Waals surface area contributed by atoms with Crippen molar-refractivity contribution in [2.24, 2.45) is 0 Å². The van der Waals surface area contributed by atoms with Gasteiger partial charge < -0.3 is 24.3 Å². The molecular formula is C12H23NO5. The van der Waals surface area contributed by atoms with Crippen molar-refractivity contribution in [2.75, 3.05) is 59.8 Å². The van der Waals surface area contributed by atoms with Crippen LogP contribution >= 0.6 is 0 Å². The summed E-state index contributed by atoms with van der Waals surface area (Å²) in [6.45, 7) is 7.52. The average Bonchev–Trinajstić information content (AvgIpc) is 2.39. The highest BCUT2D eigenvalue weighted by atomic mass is 16.6. The first-order valence-electron chi connectivity index (χ1n) is 5.98. The second-order valence-electron chi connectivity index (χ2n) is 3.31. The maximum Gasteiger partial charge on any atom is 0.330 e. The van der Waals surface area contributed by atoms with Gasteiger partial charge in [-0.15, -0.1) is 0 Å². The molecule has 0 atom stereocenters. The summed E-state index contributed by atoms with van der Waals surface area (Å²) in [5.74, 6) is -0.437. The van der Waals surface area contributed by atoms with Crippen molar-refractivity contribution in [3.63, 3.8) is 0 Å². The number of carbonyl (C=O) groups is 1. The van der Waals surface area contributed by atoms with Crippen molar-refractivity contribution < 1.29 is 23.7 Å². The molecule has 0 amide bonds. The van der Waals surface area contributed by atoms with Gasteiger partial charge in [0, 0.05) is 12.6 Å². The minimum Gasteiger partial charge on any atom is -0.460 e. The van der Waals surface area contributed by atoms with Crippen molar-refractivity contribution >= 4 is 5.97 Å². The Balaban J connectivity index is 2.98. The molecule has 18 heavy (non-hydrogen) atoms. The van der Waals surface area contributed by atoms with E-state index in [9.17, 15) is 4.79 Å².